The third-order valence-corrected chi connectivity index (χ3v) is 6.56. The van der Waals surface area contributed by atoms with E-state index in [1.165, 1.54) is 28.7 Å². The maximum absolute atomic E-state index is 11.1. The van der Waals surface area contributed by atoms with Crippen LogP contribution in [0.1, 0.15) is 22.5 Å². The number of hydrogen-bond acceptors (Lipinski definition) is 9. The van der Waals surface area contributed by atoms with Gasteiger partial charge in [0.25, 0.3) is 0 Å². The Kier molecular flexibility index (Phi) is 7.16. The number of imidazole rings is 1. The molecule has 0 aliphatic carbocycles. The largest absolute Gasteiger partial charge is 0.493 e. The van der Waals surface area contributed by atoms with Crippen LogP contribution in [0.4, 0.5) is 0 Å². The van der Waals surface area contributed by atoms with Crippen molar-refractivity contribution in [1.82, 2.24) is 14.4 Å². The lowest BCUT2D eigenvalue weighted by atomic mass is 10.1. The van der Waals surface area contributed by atoms with Crippen molar-refractivity contribution < 1.29 is 39.4 Å². The van der Waals surface area contributed by atoms with Crippen molar-refractivity contribution >= 4 is 26.4 Å². The molecule has 0 aliphatic rings. The van der Waals surface area contributed by atoms with Crippen molar-refractivity contribution in [3.63, 3.8) is 0 Å². The topological polar surface area (TPSA) is 178 Å². The van der Waals surface area contributed by atoms with Crippen molar-refractivity contribution in [2.24, 2.45) is 0 Å². The van der Waals surface area contributed by atoms with Crippen molar-refractivity contribution in [3.8, 4) is 28.6 Å². The maximum atomic E-state index is 11.1. The van der Waals surface area contributed by atoms with E-state index >= 15 is 0 Å². The van der Waals surface area contributed by atoms with Crippen molar-refractivity contribution in [1.29, 1.82) is 0 Å². The Bertz CT molecular complexity index is 1890. The Morgan fingerprint density at radius 1 is 0.700 bits per heavy atom. The average molecular weight is 584 g/mol. The van der Waals surface area contributed by atoms with Gasteiger partial charge in [-0.05, 0) is 47.5 Å². The molecular formula is C26H21N3O9S2. The van der Waals surface area contributed by atoms with E-state index in [1.807, 2.05) is 30.3 Å². The Labute approximate surface area is 229 Å². The Balaban J connectivity index is 1.55. The minimum absolute atomic E-state index is 0.0797. The zero-order valence-electron chi connectivity index (χ0n) is 20.4. The highest BCUT2D eigenvalue weighted by Crippen LogP contribution is 2.31. The molecule has 0 saturated carbocycles. The summed E-state index contributed by atoms with van der Waals surface area (Å²) in [6.07, 6.45) is 2.31. The normalized spacial score (nSPS) is 11.9. The first kappa shape index (κ1) is 27.1. The summed E-state index contributed by atoms with van der Waals surface area (Å²) in [6.45, 7) is 0. The standard InChI is InChI=1S/C26H21N3O9S2/c30-26-23(15-18-6-10-21(11-7-18)37-39(31,32)33)28-25-24(19-8-12-22(13-9-19)38-40(34,35)36)27-20(16-29(25)26)14-17-4-2-1-3-5-17/h1-13,16,30H,14-15H2,(H,31,32,33)(H,34,35,36). The zero-order chi connectivity index (χ0) is 28.5. The highest BCUT2D eigenvalue weighted by molar-refractivity contribution is 7.81. The molecule has 0 atom stereocenters. The Morgan fingerprint density at radius 2 is 1.25 bits per heavy atom. The molecule has 2 aromatic heterocycles. The highest BCUT2D eigenvalue weighted by Gasteiger charge is 2.19. The quantitative estimate of drug-likeness (QED) is 0.216. The molecule has 0 saturated heterocycles. The van der Waals surface area contributed by atoms with Crippen molar-refractivity contribution in [2.75, 3.05) is 0 Å². The van der Waals surface area contributed by atoms with E-state index in [2.05, 4.69) is 13.4 Å². The van der Waals surface area contributed by atoms with Gasteiger partial charge in [-0.15, -0.1) is 0 Å². The van der Waals surface area contributed by atoms with Crippen LogP contribution in [0.5, 0.6) is 17.4 Å². The lowest BCUT2D eigenvalue weighted by Gasteiger charge is -2.09. The number of nitrogens with zero attached hydrogens (tertiary/aromatic N) is 3. The van der Waals surface area contributed by atoms with Crippen LogP contribution in [-0.2, 0) is 33.6 Å². The fourth-order valence-corrected chi connectivity index (χ4v) is 4.81. The minimum Gasteiger partial charge on any atom is -0.493 e. The molecule has 206 valence electrons. The van der Waals surface area contributed by atoms with Gasteiger partial charge in [0.1, 0.15) is 22.9 Å². The SMILES string of the molecule is O=S(=O)(O)Oc1ccc(Cc2nc3c(-c4ccc(OS(=O)(=O)O)cc4)nc(Cc4ccccc4)cn3c2O)cc1. The van der Waals surface area contributed by atoms with E-state index in [0.717, 1.165) is 5.56 Å². The van der Waals surface area contributed by atoms with E-state index in [4.69, 9.17) is 14.1 Å². The van der Waals surface area contributed by atoms with Gasteiger partial charge in [0.15, 0.2) is 5.65 Å². The van der Waals surface area contributed by atoms with Gasteiger partial charge in [0.2, 0.25) is 5.88 Å². The summed E-state index contributed by atoms with van der Waals surface area (Å²) < 4.78 is 72.2. The molecule has 0 bridgehead atoms. The second-order valence-electron chi connectivity index (χ2n) is 8.69. The number of hydrogen-bond donors (Lipinski definition) is 3. The smallest absolute Gasteiger partial charge is 0.446 e. The molecule has 12 nitrogen and oxygen atoms in total. The van der Waals surface area contributed by atoms with Crippen LogP contribution in [0.25, 0.3) is 16.9 Å². The molecule has 0 amide bonds. The second kappa shape index (κ2) is 10.6. The summed E-state index contributed by atoms with van der Waals surface area (Å²) in [5.41, 5.74) is 3.89. The van der Waals surface area contributed by atoms with Crippen LogP contribution < -0.4 is 8.37 Å². The predicted octanol–water partition coefficient (Wildman–Crippen LogP) is 3.65. The van der Waals surface area contributed by atoms with E-state index < -0.39 is 20.8 Å². The molecular weight excluding hydrogens is 562 g/mol. The first-order chi connectivity index (χ1) is 18.9. The minimum atomic E-state index is -4.69. The number of fused-ring (bicyclic) bond motifs is 1. The molecule has 3 N–H and O–H groups in total. The molecule has 0 radical (unpaired) electrons. The monoisotopic (exact) mass is 583 g/mol. The maximum Gasteiger partial charge on any atom is 0.446 e. The average Bonchev–Trinajstić information content (AvgIpc) is 3.19. The predicted molar refractivity (Wildman–Crippen MR) is 143 cm³/mol. The summed E-state index contributed by atoms with van der Waals surface area (Å²) in [6, 6.07) is 21.3. The third-order valence-electron chi connectivity index (χ3n) is 5.75. The van der Waals surface area contributed by atoms with Crippen LogP contribution >= 0.6 is 0 Å². The number of aromatic nitrogens is 3. The van der Waals surface area contributed by atoms with Crippen molar-refractivity contribution in [2.45, 2.75) is 12.8 Å². The fourth-order valence-electron chi connectivity index (χ4n) is 4.10. The molecule has 40 heavy (non-hydrogen) atoms. The highest BCUT2D eigenvalue weighted by atomic mass is 32.3. The fraction of sp³-hybridized carbons (Fsp3) is 0.0769. The lowest BCUT2D eigenvalue weighted by molar-refractivity contribution is 0.384. The summed E-state index contributed by atoms with van der Waals surface area (Å²) in [7, 11) is -9.35. The number of rotatable bonds is 9. The van der Waals surface area contributed by atoms with Gasteiger partial charge in [0, 0.05) is 24.6 Å². The summed E-state index contributed by atoms with van der Waals surface area (Å²) in [5, 5.41) is 11.1. The van der Waals surface area contributed by atoms with Crippen molar-refractivity contribution in [3.05, 3.63) is 108 Å². The van der Waals surface area contributed by atoms with Gasteiger partial charge >= 0.3 is 20.8 Å². The van der Waals surface area contributed by atoms with E-state index in [9.17, 15) is 21.9 Å². The van der Waals surface area contributed by atoms with Gasteiger partial charge in [-0.25, -0.2) is 9.97 Å². The lowest BCUT2D eigenvalue weighted by Crippen LogP contribution is -2.06. The summed E-state index contributed by atoms with van der Waals surface area (Å²) in [4.78, 5) is 9.39. The van der Waals surface area contributed by atoms with Crippen LogP contribution in [0, 0.1) is 0 Å². The molecule has 0 aliphatic heterocycles. The zero-order valence-corrected chi connectivity index (χ0v) is 22.1. The molecule has 2 heterocycles. The molecule has 14 heteroatoms. The number of benzene rings is 3. The van der Waals surface area contributed by atoms with E-state index in [0.29, 0.717) is 40.3 Å². The van der Waals surface area contributed by atoms with Crippen LogP contribution in [0.3, 0.4) is 0 Å². The molecule has 5 rings (SSSR count). The van der Waals surface area contributed by atoms with Crippen LogP contribution in [0.2, 0.25) is 0 Å². The van der Waals surface area contributed by atoms with Crippen LogP contribution in [-0.4, -0.2) is 45.4 Å². The first-order valence-corrected chi connectivity index (χ1v) is 14.3. The number of aromatic hydroxyl groups is 1. The first-order valence-electron chi connectivity index (χ1n) is 11.6. The molecule has 0 fully saturated rings. The summed E-state index contributed by atoms with van der Waals surface area (Å²) >= 11 is 0. The molecule has 0 spiro atoms. The molecule has 5 aromatic rings. The van der Waals surface area contributed by atoms with E-state index in [-0.39, 0.29) is 23.8 Å². The van der Waals surface area contributed by atoms with Gasteiger partial charge in [-0.1, -0.05) is 42.5 Å². The molecule has 0 unspecified atom stereocenters. The van der Waals surface area contributed by atoms with Crippen LogP contribution in [0.15, 0.2) is 85.1 Å². The van der Waals surface area contributed by atoms with Gasteiger partial charge < -0.3 is 13.5 Å². The molecule has 3 aromatic carbocycles. The van der Waals surface area contributed by atoms with Gasteiger partial charge in [0.05, 0.1) is 5.69 Å². The third kappa shape index (κ3) is 6.55. The van der Waals surface area contributed by atoms with Gasteiger partial charge in [-0.2, -0.15) is 16.8 Å². The Hall–Kier alpha value is -4.50. The Morgan fingerprint density at radius 3 is 1.82 bits per heavy atom. The second-order valence-corrected chi connectivity index (χ2v) is 10.7. The van der Waals surface area contributed by atoms with E-state index in [1.54, 1.807) is 30.5 Å². The summed E-state index contributed by atoms with van der Waals surface area (Å²) in [5.74, 6) is -0.308. The van der Waals surface area contributed by atoms with Gasteiger partial charge in [-0.3, -0.25) is 13.5 Å².